The average Bonchev–Trinajstić information content (AvgIpc) is 2.77. The first-order valence-corrected chi connectivity index (χ1v) is 9.07. The average molecular weight is 387 g/mol. The summed E-state index contributed by atoms with van der Waals surface area (Å²) in [4.78, 5) is 27.9. The standard InChI is InChI=1S/C23H21N3O3/c1-24-23(28)19-5-2-6-20(14-19)26-22(27)12-9-17-7-10-21(11-8-17)29-16-18-4-3-13-25-15-18/h2-15H,16H2,1H3,(H,24,28)(H,26,27). The molecule has 0 atom stereocenters. The number of ether oxygens (including phenoxy) is 1. The first-order valence-electron chi connectivity index (χ1n) is 9.07. The molecule has 6 heteroatoms. The fraction of sp³-hybridized carbons (Fsp3) is 0.0870. The predicted octanol–water partition coefficient (Wildman–Crippen LogP) is 3.67. The smallest absolute Gasteiger partial charge is 0.251 e. The summed E-state index contributed by atoms with van der Waals surface area (Å²) in [5.41, 5.74) is 2.90. The van der Waals surface area contributed by atoms with Crippen LogP contribution in [0.3, 0.4) is 0 Å². The Morgan fingerprint density at radius 3 is 2.62 bits per heavy atom. The largest absolute Gasteiger partial charge is 0.489 e. The lowest BCUT2D eigenvalue weighted by atomic mass is 10.2. The van der Waals surface area contributed by atoms with Gasteiger partial charge in [0.1, 0.15) is 12.4 Å². The third kappa shape index (κ3) is 6.04. The van der Waals surface area contributed by atoms with E-state index in [0.29, 0.717) is 17.9 Å². The minimum atomic E-state index is -0.282. The van der Waals surface area contributed by atoms with Gasteiger partial charge < -0.3 is 15.4 Å². The Balaban J connectivity index is 1.54. The van der Waals surface area contributed by atoms with E-state index in [9.17, 15) is 9.59 Å². The van der Waals surface area contributed by atoms with Crippen LogP contribution in [0.15, 0.2) is 79.1 Å². The number of aromatic nitrogens is 1. The Labute approximate surface area is 169 Å². The predicted molar refractivity (Wildman–Crippen MR) is 113 cm³/mol. The highest BCUT2D eigenvalue weighted by molar-refractivity contribution is 6.03. The molecular formula is C23H21N3O3. The molecule has 0 aliphatic carbocycles. The Morgan fingerprint density at radius 1 is 1.07 bits per heavy atom. The lowest BCUT2D eigenvalue weighted by Crippen LogP contribution is -2.18. The van der Waals surface area contributed by atoms with Crippen LogP contribution in [0.4, 0.5) is 5.69 Å². The summed E-state index contributed by atoms with van der Waals surface area (Å²) in [6.07, 6.45) is 6.64. The van der Waals surface area contributed by atoms with Crippen LogP contribution in [0.2, 0.25) is 0 Å². The molecule has 2 aromatic carbocycles. The molecule has 0 radical (unpaired) electrons. The molecule has 0 saturated heterocycles. The van der Waals surface area contributed by atoms with Crippen molar-refractivity contribution in [1.29, 1.82) is 0 Å². The van der Waals surface area contributed by atoms with Crippen LogP contribution < -0.4 is 15.4 Å². The van der Waals surface area contributed by atoms with Gasteiger partial charge in [-0.3, -0.25) is 14.6 Å². The zero-order valence-corrected chi connectivity index (χ0v) is 16.0. The molecule has 0 fully saturated rings. The summed E-state index contributed by atoms with van der Waals surface area (Å²) in [5, 5.41) is 5.30. The van der Waals surface area contributed by atoms with Gasteiger partial charge in [-0.15, -0.1) is 0 Å². The van der Waals surface area contributed by atoms with Crippen LogP contribution in [0, 0.1) is 0 Å². The maximum absolute atomic E-state index is 12.1. The van der Waals surface area contributed by atoms with Crippen molar-refractivity contribution in [1.82, 2.24) is 10.3 Å². The number of anilines is 1. The maximum Gasteiger partial charge on any atom is 0.251 e. The van der Waals surface area contributed by atoms with Crippen molar-refractivity contribution in [3.63, 3.8) is 0 Å². The van der Waals surface area contributed by atoms with E-state index in [4.69, 9.17) is 4.74 Å². The molecule has 3 rings (SSSR count). The van der Waals surface area contributed by atoms with Crippen molar-refractivity contribution >= 4 is 23.6 Å². The second-order valence-electron chi connectivity index (χ2n) is 6.20. The summed E-state index contributed by atoms with van der Waals surface area (Å²) in [5.74, 6) is 0.250. The van der Waals surface area contributed by atoms with Gasteiger partial charge in [0.15, 0.2) is 0 Å². The highest BCUT2D eigenvalue weighted by atomic mass is 16.5. The van der Waals surface area contributed by atoms with Gasteiger partial charge in [0.2, 0.25) is 5.91 Å². The summed E-state index contributed by atoms with van der Waals surface area (Å²) in [7, 11) is 1.56. The number of carbonyl (C=O) groups excluding carboxylic acids is 2. The molecule has 0 unspecified atom stereocenters. The molecule has 6 nitrogen and oxygen atoms in total. The maximum atomic E-state index is 12.1. The van der Waals surface area contributed by atoms with Gasteiger partial charge in [0.25, 0.3) is 5.91 Å². The highest BCUT2D eigenvalue weighted by Crippen LogP contribution is 2.15. The Morgan fingerprint density at radius 2 is 1.90 bits per heavy atom. The van der Waals surface area contributed by atoms with E-state index in [1.54, 1.807) is 49.8 Å². The van der Waals surface area contributed by atoms with E-state index in [1.807, 2.05) is 36.4 Å². The van der Waals surface area contributed by atoms with E-state index in [1.165, 1.54) is 6.08 Å². The fourth-order valence-corrected chi connectivity index (χ4v) is 2.56. The third-order valence-corrected chi connectivity index (χ3v) is 4.05. The fourth-order valence-electron chi connectivity index (χ4n) is 2.56. The van der Waals surface area contributed by atoms with Crippen molar-refractivity contribution in [2.24, 2.45) is 0 Å². The van der Waals surface area contributed by atoms with Crippen molar-refractivity contribution in [3.8, 4) is 5.75 Å². The number of nitrogens with one attached hydrogen (secondary N) is 2. The SMILES string of the molecule is CNC(=O)c1cccc(NC(=O)C=Cc2ccc(OCc3cccnc3)cc2)c1. The number of nitrogens with zero attached hydrogens (tertiary/aromatic N) is 1. The van der Waals surface area contributed by atoms with Crippen LogP contribution in [0.25, 0.3) is 6.08 Å². The topological polar surface area (TPSA) is 80.3 Å². The minimum Gasteiger partial charge on any atom is -0.489 e. The van der Waals surface area contributed by atoms with Gasteiger partial charge in [-0.05, 0) is 48.0 Å². The van der Waals surface area contributed by atoms with E-state index in [2.05, 4.69) is 15.6 Å². The summed E-state index contributed by atoms with van der Waals surface area (Å²) >= 11 is 0. The van der Waals surface area contributed by atoms with E-state index in [0.717, 1.165) is 16.9 Å². The van der Waals surface area contributed by atoms with Crippen molar-refractivity contribution in [2.75, 3.05) is 12.4 Å². The molecule has 0 saturated carbocycles. The molecule has 1 heterocycles. The summed E-state index contributed by atoms with van der Waals surface area (Å²) in [6, 6.07) is 18.0. The number of hydrogen-bond acceptors (Lipinski definition) is 4. The van der Waals surface area contributed by atoms with Gasteiger partial charge in [-0.1, -0.05) is 24.3 Å². The second-order valence-corrected chi connectivity index (χ2v) is 6.20. The third-order valence-electron chi connectivity index (χ3n) is 4.05. The Hall–Kier alpha value is -3.93. The first-order chi connectivity index (χ1) is 14.1. The van der Waals surface area contributed by atoms with Crippen LogP contribution in [0.1, 0.15) is 21.5 Å². The first kappa shape index (κ1) is 19.8. The Kier molecular flexibility index (Phi) is 6.73. The molecule has 3 aromatic rings. The van der Waals surface area contributed by atoms with E-state index >= 15 is 0 Å². The molecule has 0 spiro atoms. The molecule has 29 heavy (non-hydrogen) atoms. The van der Waals surface area contributed by atoms with Gasteiger partial charge in [0.05, 0.1) is 0 Å². The zero-order chi connectivity index (χ0) is 20.5. The van der Waals surface area contributed by atoms with E-state index in [-0.39, 0.29) is 11.8 Å². The molecular weight excluding hydrogens is 366 g/mol. The molecule has 0 bridgehead atoms. The number of amides is 2. The quantitative estimate of drug-likeness (QED) is 0.606. The summed E-state index contributed by atoms with van der Waals surface area (Å²) < 4.78 is 5.72. The van der Waals surface area contributed by atoms with Crippen LogP contribution >= 0.6 is 0 Å². The van der Waals surface area contributed by atoms with Crippen molar-refractivity contribution in [2.45, 2.75) is 6.61 Å². The second kappa shape index (κ2) is 9.85. The number of benzene rings is 2. The van der Waals surface area contributed by atoms with Crippen molar-refractivity contribution < 1.29 is 14.3 Å². The summed E-state index contributed by atoms with van der Waals surface area (Å²) in [6.45, 7) is 0.445. The van der Waals surface area contributed by atoms with Crippen molar-refractivity contribution in [3.05, 3.63) is 95.8 Å². The van der Waals surface area contributed by atoms with Gasteiger partial charge in [0, 0.05) is 42.3 Å². The highest BCUT2D eigenvalue weighted by Gasteiger charge is 2.05. The van der Waals surface area contributed by atoms with Crippen LogP contribution in [0.5, 0.6) is 5.75 Å². The van der Waals surface area contributed by atoms with Gasteiger partial charge in [-0.25, -0.2) is 0 Å². The Bertz CT molecular complexity index is 999. The molecule has 0 aliphatic heterocycles. The molecule has 0 aliphatic rings. The van der Waals surface area contributed by atoms with Gasteiger partial charge >= 0.3 is 0 Å². The minimum absolute atomic E-state index is 0.206. The monoisotopic (exact) mass is 387 g/mol. The molecule has 2 amide bonds. The molecule has 2 N–H and O–H groups in total. The van der Waals surface area contributed by atoms with Crippen LogP contribution in [-0.2, 0) is 11.4 Å². The molecule has 146 valence electrons. The zero-order valence-electron chi connectivity index (χ0n) is 16.0. The van der Waals surface area contributed by atoms with E-state index < -0.39 is 0 Å². The number of rotatable bonds is 7. The molecule has 1 aromatic heterocycles. The normalized spacial score (nSPS) is 10.5. The number of carbonyl (C=O) groups is 2. The number of hydrogen-bond donors (Lipinski definition) is 2. The van der Waals surface area contributed by atoms with Crippen LogP contribution in [-0.4, -0.2) is 23.8 Å². The lowest BCUT2D eigenvalue weighted by molar-refractivity contribution is -0.111. The lowest BCUT2D eigenvalue weighted by Gasteiger charge is -2.06. The van der Waals surface area contributed by atoms with Gasteiger partial charge in [-0.2, -0.15) is 0 Å². The number of pyridine rings is 1.